The molecule has 0 spiro atoms. The molecule has 0 aliphatic carbocycles. The lowest BCUT2D eigenvalue weighted by Gasteiger charge is -2.14. The summed E-state index contributed by atoms with van der Waals surface area (Å²) in [6.07, 6.45) is -8.83. The van der Waals surface area contributed by atoms with Gasteiger partial charge in [-0.05, 0) is 49.2 Å². The fourth-order valence-electron chi connectivity index (χ4n) is 2.28. The maximum atomic E-state index is 14.0. The second kappa shape index (κ2) is 10.2. The topological polar surface area (TPSA) is 18.5 Å². The molecule has 31 heavy (non-hydrogen) atoms. The van der Waals surface area contributed by atoms with Crippen molar-refractivity contribution in [1.82, 2.24) is 0 Å². The van der Waals surface area contributed by atoms with Gasteiger partial charge in [-0.1, -0.05) is 0 Å². The van der Waals surface area contributed by atoms with Crippen molar-refractivity contribution in [2.45, 2.75) is 36.0 Å². The highest BCUT2D eigenvalue weighted by atomic mass is 32.2. The summed E-state index contributed by atoms with van der Waals surface area (Å²) in [5.74, 6) is -4.89. The van der Waals surface area contributed by atoms with Crippen molar-refractivity contribution < 1.29 is 44.4 Å². The van der Waals surface area contributed by atoms with Crippen molar-refractivity contribution in [2.24, 2.45) is 0 Å². The Kier molecular flexibility index (Phi) is 8.43. The second-order valence-corrected chi connectivity index (χ2v) is 8.34. The van der Waals surface area contributed by atoms with Crippen LogP contribution in [0.1, 0.15) is 11.1 Å². The molecule has 0 amide bonds. The summed E-state index contributed by atoms with van der Waals surface area (Å²) in [6, 6.07) is 4.12. The third kappa shape index (κ3) is 8.36. The van der Waals surface area contributed by atoms with E-state index in [0.29, 0.717) is 23.5 Å². The maximum Gasteiger partial charge on any atom is 0.576 e. The van der Waals surface area contributed by atoms with Gasteiger partial charge in [0.2, 0.25) is 0 Å². The summed E-state index contributed by atoms with van der Waals surface area (Å²) in [4.78, 5) is 0.280. The van der Waals surface area contributed by atoms with Gasteiger partial charge in [-0.25, -0.2) is 8.78 Å². The zero-order valence-electron chi connectivity index (χ0n) is 16.1. The molecule has 2 nitrogen and oxygen atoms in total. The Hall–Kier alpha value is -1.76. The van der Waals surface area contributed by atoms with E-state index >= 15 is 0 Å². The lowest BCUT2D eigenvalue weighted by molar-refractivity contribution is -0.106. The van der Waals surface area contributed by atoms with Gasteiger partial charge < -0.3 is 9.31 Å². The van der Waals surface area contributed by atoms with Crippen LogP contribution in [0, 0.1) is 25.5 Å². The molecule has 0 aliphatic rings. The van der Waals surface area contributed by atoms with Crippen molar-refractivity contribution in [3.05, 3.63) is 47.0 Å². The predicted octanol–water partition coefficient (Wildman–Crippen LogP) is 6.61. The number of thioether (sulfide) groups is 2. The van der Waals surface area contributed by atoms with Crippen LogP contribution in [0.2, 0.25) is 0 Å². The molecule has 0 unspecified atom stereocenters. The van der Waals surface area contributed by atoms with Crippen molar-refractivity contribution in [1.29, 1.82) is 0 Å². The van der Waals surface area contributed by atoms with Crippen LogP contribution >= 0.6 is 23.5 Å². The van der Waals surface area contributed by atoms with Crippen LogP contribution in [0.15, 0.2) is 34.1 Å². The number of hydrogen-bond acceptors (Lipinski definition) is 4. The van der Waals surface area contributed by atoms with E-state index in [2.05, 4.69) is 0 Å². The normalized spacial score (nSPS) is 12.1. The fraction of sp³-hybridized carbons (Fsp3) is 0.333. The van der Waals surface area contributed by atoms with Crippen LogP contribution < -0.4 is 9.31 Å². The molecule has 0 atom stereocenters. The van der Waals surface area contributed by atoms with E-state index in [4.69, 9.17) is 9.31 Å². The first kappa shape index (κ1) is 25.5. The second-order valence-electron chi connectivity index (χ2n) is 6.31. The van der Waals surface area contributed by atoms with Gasteiger partial charge in [0.25, 0.3) is 0 Å². The standard InChI is InChI=1S/C18H15BF8O2S2/c1-9-3-11(20)13(5-15(9)30-7-17(22,23)24)28-19-29-14-6-16(10(2)4-12(14)21)31-8-18(25,26)27/h3-6,19H,7-8H2,1-2H3. The van der Waals surface area contributed by atoms with Gasteiger partial charge in [-0.2, -0.15) is 26.3 Å². The van der Waals surface area contributed by atoms with Crippen LogP contribution in [0.5, 0.6) is 11.5 Å². The summed E-state index contributed by atoms with van der Waals surface area (Å²) in [6.45, 7) is 2.87. The lowest BCUT2D eigenvalue weighted by Crippen LogP contribution is -2.14. The zero-order valence-corrected chi connectivity index (χ0v) is 17.7. The van der Waals surface area contributed by atoms with Crippen LogP contribution in [-0.4, -0.2) is 31.5 Å². The molecule has 0 saturated carbocycles. The summed E-state index contributed by atoms with van der Waals surface area (Å²) in [5, 5.41) is 0. The van der Waals surface area contributed by atoms with Crippen molar-refractivity contribution in [2.75, 3.05) is 11.5 Å². The highest BCUT2D eigenvalue weighted by Gasteiger charge is 2.28. The van der Waals surface area contributed by atoms with E-state index in [1.165, 1.54) is 13.8 Å². The summed E-state index contributed by atoms with van der Waals surface area (Å²) < 4.78 is 113. The maximum absolute atomic E-state index is 14.0. The molecule has 2 rings (SSSR count). The lowest BCUT2D eigenvalue weighted by atomic mass is 10.2. The van der Waals surface area contributed by atoms with E-state index < -0.39 is 54.7 Å². The molecule has 170 valence electrons. The van der Waals surface area contributed by atoms with Gasteiger partial charge in [-0.15, -0.1) is 23.5 Å². The van der Waals surface area contributed by atoms with E-state index in [-0.39, 0.29) is 20.9 Å². The molecule has 0 bridgehead atoms. The van der Waals surface area contributed by atoms with Crippen LogP contribution in [0.4, 0.5) is 35.1 Å². The molecule has 0 saturated heterocycles. The number of benzene rings is 2. The minimum Gasteiger partial charge on any atom is -0.526 e. The first-order chi connectivity index (χ1) is 14.2. The van der Waals surface area contributed by atoms with Gasteiger partial charge in [0.05, 0.1) is 11.5 Å². The van der Waals surface area contributed by atoms with Crippen molar-refractivity contribution in [3.8, 4) is 11.5 Å². The molecule has 0 radical (unpaired) electrons. The molecule has 13 heteroatoms. The third-order valence-corrected chi connectivity index (χ3v) is 6.12. The van der Waals surface area contributed by atoms with Crippen molar-refractivity contribution >= 4 is 31.2 Å². The summed E-state index contributed by atoms with van der Waals surface area (Å²) in [7, 11) is -0.716. The molecule has 0 N–H and O–H groups in total. The largest absolute Gasteiger partial charge is 0.576 e. The summed E-state index contributed by atoms with van der Waals surface area (Å²) >= 11 is 0.906. The average Bonchev–Trinajstić information content (AvgIpc) is 2.61. The summed E-state index contributed by atoms with van der Waals surface area (Å²) in [5.41, 5.74) is 0.548. The monoisotopic (exact) mass is 490 g/mol. The van der Waals surface area contributed by atoms with E-state index in [9.17, 15) is 35.1 Å². The van der Waals surface area contributed by atoms with Crippen LogP contribution in [-0.2, 0) is 0 Å². The molecular formula is C18H15BF8O2S2. The molecule has 0 fully saturated rings. The Bertz CT molecular complexity index is 845. The minimum absolute atomic E-state index is 0.140. The zero-order chi connectivity index (χ0) is 23.4. The van der Waals surface area contributed by atoms with Gasteiger partial charge in [0, 0.05) is 9.79 Å². The Morgan fingerprint density at radius 1 is 0.710 bits per heavy atom. The van der Waals surface area contributed by atoms with Crippen molar-refractivity contribution in [3.63, 3.8) is 0 Å². The molecule has 2 aromatic carbocycles. The van der Waals surface area contributed by atoms with Gasteiger partial charge in [0.15, 0.2) is 11.6 Å². The van der Waals surface area contributed by atoms with E-state index in [1.54, 1.807) is 0 Å². The quantitative estimate of drug-likeness (QED) is 0.235. The number of hydrogen-bond donors (Lipinski definition) is 0. The number of rotatable bonds is 8. The number of aryl methyl sites for hydroxylation is 2. The molecule has 0 aliphatic heterocycles. The van der Waals surface area contributed by atoms with Crippen LogP contribution in [0.25, 0.3) is 0 Å². The molecular weight excluding hydrogens is 475 g/mol. The first-order valence-electron chi connectivity index (χ1n) is 8.50. The Balaban J connectivity index is 2.07. The van der Waals surface area contributed by atoms with E-state index in [0.717, 1.165) is 24.3 Å². The minimum atomic E-state index is -4.42. The molecule has 0 heterocycles. The number of halogens is 8. The Labute approximate surface area is 182 Å². The Morgan fingerprint density at radius 3 is 1.39 bits per heavy atom. The Morgan fingerprint density at radius 2 is 1.06 bits per heavy atom. The van der Waals surface area contributed by atoms with Crippen LogP contribution in [0.3, 0.4) is 0 Å². The molecule has 0 aromatic heterocycles. The van der Waals surface area contributed by atoms with Gasteiger partial charge >= 0.3 is 20.0 Å². The van der Waals surface area contributed by atoms with Gasteiger partial charge in [0.1, 0.15) is 11.5 Å². The predicted molar refractivity (Wildman–Crippen MR) is 104 cm³/mol. The number of alkyl halides is 6. The van der Waals surface area contributed by atoms with Gasteiger partial charge in [-0.3, -0.25) is 0 Å². The highest BCUT2D eigenvalue weighted by molar-refractivity contribution is 7.99. The average molecular weight is 490 g/mol. The highest BCUT2D eigenvalue weighted by Crippen LogP contribution is 2.35. The van der Waals surface area contributed by atoms with E-state index in [1.807, 2.05) is 0 Å². The molecule has 2 aromatic rings. The third-order valence-electron chi connectivity index (χ3n) is 3.67. The SMILES string of the molecule is Cc1cc(F)c(OBOc2cc(SCC(F)(F)F)c(C)cc2F)cc1SCC(F)(F)F. The first-order valence-corrected chi connectivity index (χ1v) is 10.5. The smallest absolute Gasteiger partial charge is 0.526 e. The fourth-order valence-corrected chi connectivity index (χ4v) is 3.87.